The maximum Gasteiger partial charge on any atom is 0.397 e. The third kappa shape index (κ3) is 3.02. The van der Waals surface area contributed by atoms with E-state index in [1.807, 2.05) is 0 Å². The van der Waals surface area contributed by atoms with Gasteiger partial charge in [-0.25, -0.2) is 4.79 Å². The van der Waals surface area contributed by atoms with Crippen molar-refractivity contribution < 1.29 is 23.5 Å². The van der Waals surface area contributed by atoms with Crippen LogP contribution in [0.15, 0.2) is 33.7 Å². The van der Waals surface area contributed by atoms with Gasteiger partial charge >= 0.3 is 11.9 Å². The van der Waals surface area contributed by atoms with Crippen molar-refractivity contribution in [3.63, 3.8) is 0 Å². The topological polar surface area (TPSA) is 94.8 Å². The van der Waals surface area contributed by atoms with Gasteiger partial charge < -0.3 is 19.2 Å². The maximum absolute atomic E-state index is 12.2. The minimum absolute atomic E-state index is 0.0678. The molecule has 0 radical (unpaired) electrons. The maximum atomic E-state index is 12.2. The average molecular weight is 291 g/mol. The summed E-state index contributed by atoms with van der Waals surface area (Å²) in [5.74, 6) is -1.56. The number of ether oxygens (including phenoxy) is 2. The second kappa shape index (κ2) is 6.08. The number of anilines is 1. The highest BCUT2D eigenvalue weighted by Crippen LogP contribution is 2.19. The first-order valence-electron chi connectivity index (χ1n) is 6.14. The van der Waals surface area contributed by atoms with E-state index in [-0.39, 0.29) is 17.7 Å². The lowest BCUT2D eigenvalue weighted by Crippen LogP contribution is -2.27. The Kier molecular flexibility index (Phi) is 4.22. The van der Waals surface area contributed by atoms with Gasteiger partial charge in [-0.15, -0.1) is 0 Å². The smallest absolute Gasteiger partial charge is 0.397 e. The molecule has 1 heterocycles. The molecule has 0 saturated heterocycles. The van der Waals surface area contributed by atoms with Gasteiger partial charge in [-0.05, 0) is 19.1 Å². The zero-order valence-corrected chi connectivity index (χ0v) is 11.5. The summed E-state index contributed by atoms with van der Waals surface area (Å²) >= 11 is 0. The monoisotopic (exact) mass is 291 g/mol. The lowest BCUT2D eigenvalue weighted by atomic mass is 10.2. The minimum Gasteiger partial charge on any atom is -0.497 e. The van der Waals surface area contributed by atoms with E-state index >= 15 is 0 Å². The summed E-state index contributed by atoms with van der Waals surface area (Å²) in [6.07, 6.45) is 1.07. The molecule has 1 N–H and O–H groups in total. The van der Waals surface area contributed by atoms with Crippen LogP contribution in [0, 0.1) is 0 Å². The molecule has 7 nitrogen and oxygen atoms in total. The Morgan fingerprint density at radius 1 is 1.33 bits per heavy atom. The molecule has 2 aromatic rings. The van der Waals surface area contributed by atoms with Crippen molar-refractivity contribution in [3.05, 3.63) is 34.7 Å². The number of methoxy groups -OCH3 is 1. The van der Waals surface area contributed by atoms with E-state index in [1.165, 1.54) is 13.2 Å². The number of amides is 1. The second-order valence-electron chi connectivity index (χ2n) is 4.02. The van der Waals surface area contributed by atoms with Crippen molar-refractivity contribution in [2.75, 3.05) is 19.0 Å². The van der Waals surface area contributed by atoms with Crippen LogP contribution >= 0.6 is 0 Å². The normalized spacial score (nSPS) is 10.2. The van der Waals surface area contributed by atoms with Gasteiger partial charge in [0.2, 0.25) is 5.43 Å². The van der Waals surface area contributed by atoms with Gasteiger partial charge in [-0.1, -0.05) is 0 Å². The molecule has 7 heteroatoms. The number of fused-ring (bicyclic) bond motifs is 1. The number of rotatable bonds is 3. The molecule has 0 saturated carbocycles. The van der Waals surface area contributed by atoms with Gasteiger partial charge in [0, 0.05) is 6.07 Å². The SMILES string of the molecule is CCOC(=O)C(=O)Nc1coc2cc(OC)ccc2c1=O. The summed E-state index contributed by atoms with van der Waals surface area (Å²) in [7, 11) is 1.49. The zero-order chi connectivity index (χ0) is 15.4. The first-order valence-corrected chi connectivity index (χ1v) is 6.14. The quantitative estimate of drug-likeness (QED) is 0.676. The van der Waals surface area contributed by atoms with E-state index in [9.17, 15) is 14.4 Å². The van der Waals surface area contributed by atoms with Crippen LogP contribution in [0.1, 0.15) is 6.92 Å². The highest BCUT2D eigenvalue weighted by molar-refractivity contribution is 6.37. The van der Waals surface area contributed by atoms with E-state index in [2.05, 4.69) is 10.1 Å². The number of esters is 1. The Morgan fingerprint density at radius 2 is 2.10 bits per heavy atom. The molecule has 0 aliphatic rings. The number of nitrogens with one attached hydrogen (secondary N) is 1. The van der Waals surface area contributed by atoms with Crippen LogP contribution in [-0.2, 0) is 14.3 Å². The molecule has 0 spiro atoms. The molecule has 0 unspecified atom stereocenters. The van der Waals surface area contributed by atoms with Crippen molar-refractivity contribution in [3.8, 4) is 5.75 Å². The molecule has 1 aromatic heterocycles. The Hall–Kier alpha value is -2.83. The van der Waals surface area contributed by atoms with Crippen LogP contribution in [-0.4, -0.2) is 25.6 Å². The summed E-state index contributed by atoms with van der Waals surface area (Å²) in [6.45, 7) is 1.64. The van der Waals surface area contributed by atoms with E-state index < -0.39 is 17.3 Å². The van der Waals surface area contributed by atoms with Crippen LogP contribution < -0.4 is 15.5 Å². The molecule has 21 heavy (non-hydrogen) atoms. The summed E-state index contributed by atoms with van der Waals surface area (Å²) in [6, 6.07) is 4.66. The summed E-state index contributed by atoms with van der Waals surface area (Å²) in [4.78, 5) is 34.9. The molecular formula is C14H13NO6. The van der Waals surface area contributed by atoms with Crippen LogP contribution in [0.5, 0.6) is 5.75 Å². The molecule has 110 valence electrons. The molecule has 1 amide bonds. The first-order chi connectivity index (χ1) is 10.1. The lowest BCUT2D eigenvalue weighted by Gasteiger charge is -2.05. The summed E-state index contributed by atoms with van der Waals surface area (Å²) < 4.78 is 14.8. The van der Waals surface area contributed by atoms with E-state index in [4.69, 9.17) is 9.15 Å². The standard InChI is InChI=1S/C14H13NO6/c1-3-20-14(18)13(17)15-10-7-21-11-6-8(19-2)4-5-9(11)12(10)16/h4-7H,3H2,1-2H3,(H,15,17). The number of benzene rings is 1. The Bertz CT molecular complexity index is 749. The number of hydrogen-bond acceptors (Lipinski definition) is 6. The third-order valence-corrected chi connectivity index (χ3v) is 2.69. The largest absolute Gasteiger partial charge is 0.497 e. The first kappa shape index (κ1) is 14.6. The summed E-state index contributed by atoms with van der Waals surface area (Å²) in [5.41, 5.74) is -0.282. The van der Waals surface area contributed by atoms with Gasteiger partial charge in [0.05, 0.1) is 19.1 Å². The third-order valence-electron chi connectivity index (χ3n) is 2.69. The van der Waals surface area contributed by atoms with Gasteiger partial charge in [-0.2, -0.15) is 0 Å². The average Bonchev–Trinajstić information content (AvgIpc) is 2.49. The zero-order valence-electron chi connectivity index (χ0n) is 11.5. The minimum atomic E-state index is -1.06. The van der Waals surface area contributed by atoms with Crippen LogP contribution in [0.25, 0.3) is 11.0 Å². The van der Waals surface area contributed by atoms with E-state index in [0.29, 0.717) is 11.3 Å². The molecule has 0 aliphatic heterocycles. The van der Waals surface area contributed by atoms with Gasteiger partial charge in [0.25, 0.3) is 0 Å². The van der Waals surface area contributed by atoms with Crippen molar-refractivity contribution >= 4 is 28.5 Å². The molecule has 0 aliphatic carbocycles. The van der Waals surface area contributed by atoms with Crippen molar-refractivity contribution in [1.82, 2.24) is 0 Å². The predicted octanol–water partition coefficient (Wildman–Crippen LogP) is 1.30. The number of hydrogen-bond donors (Lipinski definition) is 1. The number of carbonyl (C=O) groups is 2. The molecular weight excluding hydrogens is 278 g/mol. The van der Waals surface area contributed by atoms with Gasteiger partial charge in [0.15, 0.2) is 0 Å². The molecule has 0 atom stereocenters. The van der Waals surface area contributed by atoms with Crippen molar-refractivity contribution in [2.24, 2.45) is 0 Å². The summed E-state index contributed by atoms with van der Waals surface area (Å²) in [5, 5.41) is 2.43. The highest BCUT2D eigenvalue weighted by atomic mass is 16.5. The van der Waals surface area contributed by atoms with Crippen LogP contribution in [0.4, 0.5) is 5.69 Å². The van der Waals surface area contributed by atoms with Gasteiger partial charge in [-0.3, -0.25) is 9.59 Å². The molecule has 2 rings (SSSR count). The Balaban J connectivity index is 2.34. The second-order valence-corrected chi connectivity index (χ2v) is 4.02. The van der Waals surface area contributed by atoms with Crippen molar-refractivity contribution in [1.29, 1.82) is 0 Å². The Labute approximate surface area is 119 Å². The fraction of sp³-hybridized carbons (Fsp3) is 0.214. The molecule has 0 bridgehead atoms. The fourth-order valence-electron chi connectivity index (χ4n) is 1.69. The van der Waals surface area contributed by atoms with E-state index in [1.54, 1.807) is 19.1 Å². The lowest BCUT2D eigenvalue weighted by molar-refractivity contribution is -0.152. The predicted molar refractivity (Wildman–Crippen MR) is 74.3 cm³/mol. The van der Waals surface area contributed by atoms with E-state index in [0.717, 1.165) is 6.26 Å². The van der Waals surface area contributed by atoms with Gasteiger partial charge in [0.1, 0.15) is 23.3 Å². The molecule has 0 fully saturated rings. The number of carbonyl (C=O) groups excluding carboxylic acids is 2. The fourth-order valence-corrected chi connectivity index (χ4v) is 1.69. The Morgan fingerprint density at radius 3 is 2.76 bits per heavy atom. The van der Waals surface area contributed by atoms with Crippen LogP contribution in [0.3, 0.4) is 0 Å². The van der Waals surface area contributed by atoms with Crippen LogP contribution in [0.2, 0.25) is 0 Å². The molecule has 1 aromatic carbocycles. The highest BCUT2D eigenvalue weighted by Gasteiger charge is 2.17. The van der Waals surface area contributed by atoms with Crippen molar-refractivity contribution in [2.45, 2.75) is 6.92 Å².